The van der Waals surface area contributed by atoms with Crippen LogP contribution in [-0.2, 0) is 19.2 Å². The van der Waals surface area contributed by atoms with E-state index in [1.54, 1.807) is 47.5 Å². The number of halogens is 3. The molecule has 0 unspecified atom stereocenters. The SMILES string of the molecule is Cc1ccc(S(=O)(=O)O[N+]2(NC(=O)C3=NN(c4ccc(Cl)cc4Cl)[C@@H](c4ccc(Cl)cc4)C3)CCCCC2)cc1. The van der Waals surface area contributed by atoms with Crippen LogP contribution in [0.2, 0.25) is 15.1 Å². The molecule has 40 heavy (non-hydrogen) atoms. The maximum atomic E-state index is 13.7. The highest BCUT2D eigenvalue weighted by Crippen LogP contribution is 2.40. The summed E-state index contributed by atoms with van der Waals surface area (Å²) in [6.07, 6.45) is 2.54. The second kappa shape index (κ2) is 11.7. The average molecular weight is 623 g/mol. The highest BCUT2D eigenvalue weighted by Gasteiger charge is 2.43. The summed E-state index contributed by atoms with van der Waals surface area (Å²) in [5.41, 5.74) is 5.45. The number of aryl methyl sites for hydroxylation is 1. The fourth-order valence-electron chi connectivity index (χ4n) is 4.89. The minimum atomic E-state index is -4.16. The van der Waals surface area contributed by atoms with E-state index in [-0.39, 0.29) is 23.1 Å². The minimum absolute atomic E-state index is 0.0278. The Morgan fingerprint density at radius 1 is 0.950 bits per heavy atom. The van der Waals surface area contributed by atoms with Gasteiger partial charge in [-0.2, -0.15) is 18.9 Å². The number of anilines is 1. The molecule has 0 radical (unpaired) electrons. The molecule has 1 fully saturated rings. The first-order valence-electron chi connectivity index (χ1n) is 12.9. The molecule has 2 aliphatic heterocycles. The van der Waals surface area contributed by atoms with Gasteiger partial charge in [0.15, 0.2) is 0 Å². The molecule has 3 aromatic carbocycles. The van der Waals surface area contributed by atoms with E-state index in [1.165, 1.54) is 12.1 Å². The van der Waals surface area contributed by atoms with Gasteiger partial charge in [-0.1, -0.05) is 69.4 Å². The van der Waals surface area contributed by atoms with E-state index < -0.39 is 20.8 Å². The Labute approximate surface area is 248 Å². The highest BCUT2D eigenvalue weighted by molar-refractivity contribution is 7.86. The Kier molecular flexibility index (Phi) is 8.42. The lowest BCUT2D eigenvalue weighted by Crippen LogP contribution is -2.64. The third-order valence-corrected chi connectivity index (χ3v) is 9.10. The van der Waals surface area contributed by atoms with Crippen molar-refractivity contribution in [3.05, 3.63) is 92.9 Å². The summed E-state index contributed by atoms with van der Waals surface area (Å²) in [6, 6.07) is 18.4. The lowest BCUT2D eigenvalue weighted by atomic mass is 10.0. The Morgan fingerprint density at radius 3 is 2.25 bits per heavy atom. The van der Waals surface area contributed by atoms with Crippen LogP contribution in [0.4, 0.5) is 5.69 Å². The number of benzene rings is 3. The van der Waals surface area contributed by atoms with Crippen LogP contribution < -0.4 is 10.4 Å². The van der Waals surface area contributed by atoms with Crippen molar-refractivity contribution >= 4 is 62.2 Å². The van der Waals surface area contributed by atoms with Gasteiger partial charge in [-0.25, -0.2) is 0 Å². The van der Waals surface area contributed by atoms with Crippen molar-refractivity contribution in [1.82, 2.24) is 5.43 Å². The number of rotatable bonds is 7. The summed E-state index contributed by atoms with van der Waals surface area (Å²) in [6.45, 7) is 2.48. The van der Waals surface area contributed by atoms with E-state index in [4.69, 9.17) is 39.1 Å². The summed E-state index contributed by atoms with van der Waals surface area (Å²) in [4.78, 5) is 13.7. The van der Waals surface area contributed by atoms with E-state index in [1.807, 2.05) is 19.1 Å². The molecular weight excluding hydrogens is 595 g/mol. The number of hydrogen-bond donors (Lipinski definition) is 1. The Morgan fingerprint density at radius 2 is 1.60 bits per heavy atom. The molecule has 0 aliphatic carbocycles. The van der Waals surface area contributed by atoms with E-state index in [9.17, 15) is 13.2 Å². The zero-order chi connectivity index (χ0) is 28.5. The number of hydrogen-bond acceptors (Lipinski definition) is 6. The van der Waals surface area contributed by atoms with Gasteiger partial charge in [-0.3, -0.25) is 9.80 Å². The smallest absolute Gasteiger partial charge is 0.263 e. The maximum Gasteiger partial charge on any atom is 0.345 e. The Bertz CT molecular complexity index is 1540. The van der Waals surface area contributed by atoms with Crippen LogP contribution in [-0.4, -0.2) is 37.9 Å². The molecule has 12 heteroatoms. The van der Waals surface area contributed by atoms with Crippen LogP contribution in [0.3, 0.4) is 0 Å². The number of hydroxylamine groups is 2. The molecule has 2 heterocycles. The van der Waals surface area contributed by atoms with Crippen molar-refractivity contribution in [3.63, 3.8) is 0 Å². The third-order valence-electron chi connectivity index (χ3n) is 6.98. The second-order valence-corrected chi connectivity index (χ2v) is 12.7. The largest absolute Gasteiger partial charge is 0.345 e. The molecule has 1 saturated heterocycles. The highest BCUT2D eigenvalue weighted by atomic mass is 35.5. The molecule has 0 saturated carbocycles. The molecule has 5 rings (SSSR count). The number of nitrogens with zero attached hydrogens (tertiary/aromatic N) is 3. The molecule has 0 aromatic heterocycles. The molecule has 8 nitrogen and oxygen atoms in total. The van der Waals surface area contributed by atoms with Crippen LogP contribution in [0.15, 0.2) is 76.7 Å². The van der Waals surface area contributed by atoms with Crippen LogP contribution in [0, 0.1) is 6.92 Å². The zero-order valence-electron chi connectivity index (χ0n) is 21.7. The van der Waals surface area contributed by atoms with Crippen LogP contribution >= 0.6 is 34.8 Å². The normalized spacial score (nSPS) is 18.9. The quantitative estimate of drug-likeness (QED) is 0.300. The third kappa shape index (κ3) is 6.30. The molecule has 1 atom stereocenters. The van der Waals surface area contributed by atoms with E-state index >= 15 is 0 Å². The summed E-state index contributed by atoms with van der Waals surface area (Å²) in [5, 5.41) is 7.77. The predicted molar refractivity (Wildman–Crippen MR) is 157 cm³/mol. The number of nitrogens with one attached hydrogen (secondary N) is 1. The van der Waals surface area contributed by atoms with Gasteiger partial charge in [0.25, 0.3) is 0 Å². The van der Waals surface area contributed by atoms with Gasteiger partial charge < -0.3 is 0 Å². The monoisotopic (exact) mass is 621 g/mol. The van der Waals surface area contributed by atoms with Gasteiger partial charge in [0.05, 0.1) is 21.6 Å². The van der Waals surface area contributed by atoms with Crippen molar-refractivity contribution in [2.75, 3.05) is 18.1 Å². The second-order valence-electron chi connectivity index (χ2n) is 9.94. The average Bonchev–Trinajstić information content (AvgIpc) is 3.35. The molecule has 1 N–H and O–H groups in total. The van der Waals surface area contributed by atoms with Gasteiger partial charge in [0.2, 0.25) is 0 Å². The van der Waals surface area contributed by atoms with E-state index in [2.05, 4.69) is 10.5 Å². The van der Waals surface area contributed by atoms with Crippen molar-refractivity contribution in [2.24, 2.45) is 5.10 Å². The predicted octanol–water partition coefficient (Wildman–Crippen LogP) is 6.62. The lowest BCUT2D eigenvalue weighted by molar-refractivity contribution is -1.11. The standard InChI is InChI=1S/C28H27Cl3N4O4S/c1-19-5-12-23(13-6-19)40(37,38)39-35(15-3-2-4-16-35)33-28(36)25-18-27(20-7-9-21(29)10-8-20)34(32-25)26-14-11-22(30)17-24(26)31/h5-14,17,27H,2-4,15-16,18H2,1H3/p+1/t27-/m1/s1. The summed E-state index contributed by atoms with van der Waals surface area (Å²) >= 11 is 18.8. The molecule has 3 aromatic rings. The fourth-order valence-corrected chi connectivity index (χ4v) is 6.63. The van der Waals surface area contributed by atoms with E-state index in [0.29, 0.717) is 46.7 Å². The maximum absolute atomic E-state index is 13.7. The van der Waals surface area contributed by atoms with Crippen molar-refractivity contribution < 1.29 is 22.3 Å². The van der Waals surface area contributed by atoms with Gasteiger partial charge in [0.1, 0.15) is 18.8 Å². The summed E-state index contributed by atoms with van der Waals surface area (Å²) < 4.78 is 31.7. The summed E-state index contributed by atoms with van der Waals surface area (Å²) in [5.74, 6) is -0.521. The van der Waals surface area contributed by atoms with Gasteiger partial charge >= 0.3 is 16.0 Å². The molecule has 0 spiro atoms. The molecule has 210 valence electrons. The number of carbonyl (C=O) groups is 1. The first kappa shape index (κ1) is 28.9. The van der Waals surface area contributed by atoms with Crippen molar-refractivity contribution in [3.8, 4) is 0 Å². The molecule has 0 bridgehead atoms. The van der Waals surface area contributed by atoms with Gasteiger partial charge in [0, 0.05) is 29.3 Å². The fraction of sp³-hybridized carbons (Fsp3) is 0.286. The lowest BCUT2D eigenvalue weighted by Gasteiger charge is -2.35. The van der Waals surface area contributed by atoms with Gasteiger partial charge in [-0.15, -0.1) is 0 Å². The number of amides is 1. The Hall–Kier alpha value is -2.66. The topological polar surface area (TPSA) is 88.1 Å². The number of quaternary nitrogens is 1. The Balaban J connectivity index is 1.45. The molecular formula is C28H28Cl3N4O4S+. The van der Waals surface area contributed by atoms with Crippen LogP contribution in [0.5, 0.6) is 0 Å². The number of hydrazone groups is 1. The zero-order valence-corrected chi connectivity index (χ0v) is 24.8. The van der Waals surface area contributed by atoms with Crippen molar-refractivity contribution in [2.45, 2.75) is 43.5 Å². The minimum Gasteiger partial charge on any atom is -0.263 e. The number of piperidine rings is 1. The molecule has 1 amide bonds. The first-order chi connectivity index (χ1) is 19.1. The van der Waals surface area contributed by atoms with Crippen molar-refractivity contribution in [1.29, 1.82) is 0 Å². The summed E-state index contributed by atoms with van der Waals surface area (Å²) in [7, 11) is -4.16. The van der Waals surface area contributed by atoms with Crippen LogP contribution in [0.25, 0.3) is 0 Å². The molecule has 2 aliphatic rings. The number of carbonyl (C=O) groups excluding carboxylic acids is 1. The van der Waals surface area contributed by atoms with Gasteiger partial charge in [-0.05, 0) is 65.7 Å². The van der Waals surface area contributed by atoms with Crippen LogP contribution in [0.1, 0.15) is 42.9 Å². The first-order valence-corrected chi connectivity index (χ1v) is 15.4. The van der Waals surface area contributed by atoms with E-state index in [0.717, 1.165) is 17.5 Å².